The Hall–Kier alpha value is -1.64. The second-order valence-electron chi connectivity index (χ2n) is 3.03. The van der Waals surface area contributed by atoms with Gasteiger partial charge in [0, 0.05) is 13.6 Å². The van der Waals surface area contributed by atoms with Gasteiger partial charge in [0.1, 0.15) is 5.83 Å². The molecular formula is C12H17FN2. The highest BCUT2D eigenvalue weighted by Crippen LogP contribution is 2.06. The van der Waals surface area contributed by atoms with E-state index in [-0.39, 0.29) is 5.70 Å². The number of allylic oxidation sites excluding steroid dienone is 3. The first-order valence-corrected chi connectivity index (χ1v) is 4.63. The predicted molar refractivity (Wildman–Crippen MR) is 64.5 cm³/mol. The lowest BCUT2D eigenvalue weighted by atomic mass is 10.3. The first-order valence-electron chi connectivity index (χ1n) is 4.63. The van der Waals surface area contributed by atoms with Crippen molar-refractivity contribution >= 4 is 6.34 Å². The number of hydrogen-bond acceptors (Lipinski definition) is 1. The van der Waals surface area contributed by atoms with Crippen LogP contribution in [0.25, 0.3) is 0 Å². The van der Waals surface area contributed by atoms with Gasteiger partial charge in [0.15, 0.2) is 0 Å². The largest absolute Gasteiger partial charge is 0.365 e. The van der Waals surface area contributed by atoms with Crippen LogP contribution in [0, 0.1) is 0 Å². The number of aliphatic imine (C=N–C) groups is 1. The van der Waals surface area contributed by atoms with Crippen LogP contribution in [-0.4, -0.2) is 24.8 Å². The lowest BCUT2D eigenvalue weighted by molar-refractivity contribution is 0.527. The highest BCUT2D eigenvalue weighted by molar-refractivity contribution is 5.57. The normalized spacial score (nSPS) is 10.8. The van der Waals surface area contributed by atoms with Crippen LogP contribution in [0.2, 0.25) is 0 Å². The molecule has 2 nitrogen and oxygen atoms in total. The standard InChI is InChI=1S/C12H17FN2/c1-5-6-7-8-9-15(4)10-14-12(3)11(2)13/h5-7,10H,1-3,8-9H2,4H3/b7-6-,14-10?. The van der Waals surface area contributed by atoms with Crippen molar-refractivity contribution in [1.29, 1.82) is 0 Å². The maximum absolute atomic E-state index is 12.4. The molecule has 0 aliphatic rings. The molecule has 0 rings (SSSR count). The van der Waals surface area contributed by atoms with E-state index < -0.39 is 5.83 Å². The monoisotopic (exact) mass is 208 g/mol. The number of hydrogen-bond donors (Lipinski definition) is 0. The molecule has 0 aromatic heterocycles. The van der Waals surface area contributed by atoms with Crippen molar-refractivity contribution in [3.63, 3.8) is 0 Å². The SMILES string of the molecule is C=C/C=C\CCN(C)C=NC(=C)C(=C)F. The highest BCUT2D eigenvalue weighted by Gasteiger charge is 1.94. The van der Waals surface area contributed by atoms with Crippen molar-refractivity contribution in [2.75, 3.05) is 13.6 Å². The van der Waals surface area contributed by atoms with Gasteiger partial charge in [0.25, 0.3) is 0 Å². The molecule has 0 aliphatic carbocycles. The van der Waals surface area contributed by atoms with Gasteiger partial charge in [-0.1, -0.05) is 38.0 Å². The molecule has 0 aromatic carbocycles. The van der Waals surface area contributed by atoms with Gasteiger partial charge < -0.3 is 4.90 Å². The molecule has 0 saturated carbocycles. The van der Waals surface area contributed by atoms with Crippen molar-refractivity contribution in [1.82, 2.24) is 4.90 Å². The zero-order chi connectivity index (χ0) is 11.7. The summed E-state index contributed by atoms with van der Waals surface area (Å²) in [5.74, 6) is -0.605. The minimum absolute atomic E-state index is 0.0588. The zero-order valence-electron chi connectivity index (χ0n) is 9.12. The molecule has 15 heavy (non-hydrogen) atoms. The van der Waals surface area contributed by atoms with E-state index in [0.717, 1.165) is 13.0 Å². The molecule has 0 radical (unpaired) electrons. The Morgan fingerprint density at radius 2 is 2.13 bits per heavy atom. The molecule has 0 aromatic rings. The summed E-state index contributed by atoms with van der Waals surface area (Å²) in [5, 5.41) is 0. The zero-order valence-corrected chi connectivity index (χ0v) is 9.12. The van der Waals surface area contributed by atoms with Crippen molar-refractivity contribution in [2.45, 2.75) is 6.42 Å². The van der Waals surface area contributed by atoms with Crippen LogP contribution in [0.1, 0.15) is 6.42 Å². The lowest BCUT2D eigenvalue weighted by Gasteiger charge is -2.10. The van der Waals surface area contributed by atoms with Crippen LogP contribution >= 0.6 is 0 Å². The maximum atomic E-state index is 12.4. The molecule has 0 N–H and O–H groups in total. The number of nitrogens with zero attached hydrogens (tertiary/aromatic N) is 2. The van der Waals surface area contributed by atoms with E-state index in [2.05, 4.69) is 24.7 Å². The van der Waals surface area contributed by atoms with Crippen LogP contribution in [0.4, 0.5) is 4.39 Å². The molecule has 0 saturated heterocycles. The van der Waals surface area contributed by atoms with Crippen LogP contribution < -0.4 is 0 Å². The summed E-state index contributed by atoms with van der Waals surface area (Å²) in [6.07, 6.45) is 8.03. The maximum Gasteiger partial charge on any atom is 0.141 e. The van der Waals surface area contributed by atoms with Crippen LogP contribution in [-0.2, 0) is 0 Å². The third kappa shape index (κ3) is 7.43. The molecule has 0 atom stereocenters. The minimum Gasteiger partial charge on any atom is -0.365 e. The van der Waals surface area contributed by atoms with Crippen molar-refractivity contribution < 1.29 is 4.39 Å². The fraction of sp³-hybridized carbons (Fsp3) is 0.250. The average molecular weight is 208 g/mol. The topological polar surface area (TPSA) is 15.6 Å². The van der Waals surface area contributed by atoms with E-state index in [4.69, 9.17) is 0 Å². The molecule has 3 heteroatoms. The minimum atomic E-state index is -0.605. The Balaban J connectivity index is 3.87. The van der Waals surface area contributed by atoms with Crippen molar-refractivity contribution in [3.8, 4) is 0 Å². The van der Waals surface area contributed by atoms with Gasteiger partial charge in [-0.15, -0.1) is 0 Å². The van der Waals surface area contributed by atoms with E-state index in [1.54, 1.807) is 6.08 Å². The van der Waals surface area contributed by atoms with Crippen molar-refractivity contribution in [3.05, 3.63) is 49.5 Å². The summed E-state index contributed by atoms with van der Waals surface area (Å²) in [6, 6.07) is 0. The average Bonchev–Trinajstić information content (AvgIpc) is 2.20. The second kappa shape index (κ2) is 7.74. The van der Waals surface area contributed by atoms with E-state index in [9.17, 15) is 4.39 Å². The highest BCUT2D eigenvalue weighted by atomic mass is 19.1. The molecule has 0 unspecified atom stereocenters. The first-order chi connectivity index (χ1) is 7.07. The molecule has 0 fully saturated rings. The first kappa shape index (κ1) is 13.4. The number of halogens is 1. The molecule has 0 spiro atoms. The quantitative estimate of drug-likeness (QED) is 0.356. The van der Waals surface area contributed by atoms with Gasteiger partial charge in [-0.05, 0) is 6.42 Å². The van der Waals surface area contributed by atoms with E-state index in [1.807, 2.05) is 24.1 Å². The Morgan fingerprint density at radius 3 is 2.67 bits per heavy atom. The summed E-state index contributed by atoms with van der Waals surface area (Å²) < 4.78 is 12.4. The van der Waals surface area contributed by atoms with Crippen LogP contribution in [0.3, 0.4) is 0 Å². The summed E-state index contributed by atoms with van der Waals surface area (Å²) in [4.78, 5) is 5.66. The van der Waals surface area contributed by atoms with Crippen LogP contribution in [0.15, 0.2) is 54.5 Å². The van der Waals surface area contributed by atoms with Gasteiger partial charge in [-0.25, -0.2) is 9.38 Å². The summed E-state index contributed by atoms with van der Waals surface area (Å²) in [5.41, 5.74) is 0.0588. The third-order valence-electron chi connectivity index (χ3n) is 1.64. The molecule has 0 aliphatic heterocycles. The van der Waals surface area contributed by atoms with Gasteiger partial charge in [-0.3, -0.25) is 0 Å². The summed E-state index contributed by atoms with van der Waals surface area (Å²) >= 11 is 0. The molecular weight excluding hydrogens is 191 g/mol. The van der Waals surface area contributed by atoms with Gasteiger partial charge in [0.2, 0.25) is 0 Å². The van der Waals surface area contributed by atoms with E-state index >= 15 is 0 Å². The van der Waals surface area contributed by atoms with E-state index in [0.29, 0.717) is 0 Å². The fourth-order valence-electron chi connectivity index (χ4n) is 0.767. The smallest absolute Gasteiger partial charge is 0.141 e. The molecule has 0 heterocycles. The predicted octanol–water partition coefficient (Wildman–Crippen LogP) is 3.08. The van der Waals surface area contributed by atoms with Crippen LogP contribution in [0.5, 0.6) is 0 Å². The fourth-order valence-corrected chi connectivity index (χ4v) is 0.767. The van der Waals surface area contributed by atoms with Gasteiger partial charge in [0.05, 0.1) is 12.0 Å². The Bertz CT molecular complexity index is 290. The third-order valence-corrected chi connectivity index (χ3v) is 1.64. The Kier molecular flexibility index (Phi) is 6.89. The second-order valence-corrected chi connectivity index (χ2v) is 3.03. The molecule has 82 valence electrons. The van der Waals surface area contributed by atoms with Gasteiger partial charge >= 0.3 is 0 Å². The number of rotatable bonds is 7. The Labute approximate surface area is 90.8 Å². The van der Waals surface area contributed by atoms with Crippen molar-refractivity contribution in [2.24, 2.45) is 4.99 Å². The van der Waals surface area contributed by atoms with Gasteiger partial charge in [-0.2, -0.15) is 0 Å². The lowest BCUT2D eigenvalue weighted by Crippen LogP contribution is -2.16. The Morgan fingerprint density at radius 1 is 1.47 bits per heavy atom. The summed E-state index contributed by atoms with van der Waals surface area (Å²) in [7, 11) is 1.86. The molecule has 0 amide bonds. The van der Waals surface area contributed by atoms with E-state index in [1.165, 1.54) is 6.34 Å². The summed E-state index contributed by atoms with van der Waals surface area (Å²) in [6.45, 7) is 10.9. The molecule has 0 bridgehead atoms.